The van der Waals surface area contributed by atoms with E-state index in [0.717, 1.165) is 30.7 Å². The van der Waals surface area contributed by atoms with Crippen LogP contribution in [-0.2, 0) is 11.3 Å². The third-order valence-corrected chi connectivity index (χ3v) is 3.73. The van der Waals surface area contributed by atoms with Crippen molar-refractivity contribution in [2.45, 2.75) is 39.3 Å². The van der Waals surface area contributed by atoms with Gasteiger partial charge in [-0.3, -0.25) is 4.79 Å². The minimum atomic E-state index is -0.0566. The number of amides is 1. The molecular formula is C16H24N2O2. The average molecular weight is 276 g/mol. The number of hydrogen-bond acceptors (Lipinski definition) is 3. The lowest BCUT2D eigenvalue weighted by Gasteiger charge is -2.28. The SMILES string of the molecule is CCOc1cccc(CNC(=O)C2NCCCC2C)c1. The highest BCUT2D eigenvalue weighted by atomic mass is 16.5. The lowest BCUT2D eigenvalue weighted by Crippen LogP contribution is -2.50. The number of hydrogen-bond donors (Lipinski definition) is 2. The van der Waals surface area contributed by atoms with E-state index in [-0.39, 0.29) is 11.9 Å². The summed E-state index contributed by atoms with van der Waals surface area (Å²) in [6, 6.07) is 7.80. The molecule has 1 aromatic rings. The summed E-state index contributed by atoms with van der Waals surface area (Å²) >= 11 is 0. The van der Waals surface area contributed by atoms with Gasteiger partial charge in [0, 0.05) is 6.54 Å². The summed E-state index contributed by atoms with van der Waals surface area (Å²) < 4.78 is 5.46. The molecule has 2 atom stereocenters. The fourth-order valence-electron chi connectivity index (χ4n) is 2.61. The second-order valence-electron chi connectivity index (χ2n) is 5.35. The molecule has 2 unspecified atom stereocenters. The monoisotopic (exact) mass is 276 g/mol. The minimum Gasteiger partial charge on any atom is -0.494 e. The molecule has 1 aliphatic heterocycles. The van der Waals surface area contributed by atoms with E-state index in [2.05, 4.69) is 17.6 Å². The van der Waals surface area contributed by atoms with E-state index < -0.39 is 0 Å². The normalized spacial score (nSPS) is 22.3. The molecule has 1 fully saturated rings. The highest BCUT2D eigenvalue weighted by Gasteiger charge is 2.26. The summed E-state index contributed by atoms with van der Waals surface area (Å²) in [5.41, 5.74) is 1.06. The number of benzene rings is 1. The Bertz CT molecular complexity index is 448. The molecule has 1 heterocycles. The Morgan fingerprint density at radius 2 is 2.35 bits per heavy atom. The minimum absolute atomic E-state index is 0.0566. The molecule has 1 aromatic carbocycles. The van der Waals surface area contributed by atoms with Gasteiger partial charge in [0.05, 0.1) is 12.6 Å². The fourth-order valence-corrected chi connectivity index (χ4v) is 2.61. The van der Waals surface area contributed by atoms with Crippen LogP contribution in [0.4, 0.5) is 0 Å². The summed E-state index contributed by atoms with van der Waals surface area (Å²) in [4.78, 5) is 12.2. The summed E-state index contributed by atoms with van der Waals surface area (Å²) in [6.45, 7) is 6.23. The lowest BCUT2D eigenvalue weighted by atomic mass is 9.92. The van der Waals surface area contributed by atoms with E-state index in [1.807, 2.05) is 31.2 Å². The van der Waals surface area contributed by atoms with Crippen molar-refractivity contribution in [3.05, 3.63) is 29.8 Å². The molecule has 1 amide bonds. The predicted octanol–water partition coefficient (Wildman–Crippen LogP) is 2.09. The van der Waals surface area contributed by atoms with Gasteiger partial charge < -0.3 is 15.4 Å². The van der Waals surface area contributed by atoms with Crippen molar-refractivity contribution in [1.29, 1.82) is 0 Å². The molecule has 0 radical (unpaired) electrons. The van der Waals surface area contributed by atoms with Crippen molar-refractivity contribution in [3.63, 3.8) is 0 Å². The van der Waals surface area contributed by atoms with Crippen LogP contribution in [0, 0.1) is 5.92 Å². The van der Waals surface area contributed by atoms with Crippen LogP contribution in [-0.4, -0.2) is 25.1 Å². The third kappa shape index (κ3) is 3.97. The van der Waals surface area contributed by atoms with E-state index >= 15 is 0 Å². The molecule has 4 heteroatoms. The average Bonchev–Trinajstić information content (AvgIpc) is 2.46. The van der Waals surface area contributed by atoms with Crippen molar-refractivity contribution in [1.82, 2.24) is 10.6 Å². The Kier molecular flexibility index (Phi) is 5.41. The van der Waals surface area contributed by atoms with Gasteiger partial charge in [-0.1, -0.05) is 19.1 Å². The highest BCUT2D eigenvalue weighted by molar-refractivity contribution is 5.82. The first-order valence-corrected chi connectivity index (χ1v) is 7.43. The summed E-state index contributed by atoms with van der Waals surface area (Å²) in [7, 11) is 0. The maximum absolute atomic E-state index is 12.2. The van der Waals surface area contributed by atoms with Gasteiger partial charge in [-0.05, 0) is 49.9 Å². The second-order valence-corrected chi connectivity index (χ2v) is 5.35. The van der Waals surface area contributed by atoms with Gasteiger partial charge in [0.2, 0.25) is 5.91 Å². The number of carbonyl (C=O) groups excluding carboxylic acids is 1. The number of carbonyl (C=O) groups is 1. The molecule has 1 saturated heterocycles. The number of piperidine rings is 1. The molecule has 2 rings (SSSR count). The van der Waals surface area contributed by atoms with Gasteiger partial charge in [-0.15, -0.1) is 0 Å². The van der Waals surface area contributed by atoms with E-state index in [1.165, 1.54) is 0 Å². The van der Waals surface area contributed by atoms with Gasteiger partial charge in [0.25, 0.3) is 0 Å². The summed E-state index contributed by atoms with van der Waals surface area (Å²) in [5, 5.41) is 6.31. The zero-order valence-electron chi connectivity index (χ0n) is 12.3. The van der Waals surface area contributed by atoms with Crippen LogP contribution >= 0.6 is 0 Å². The van der Waals surface area contributed by atoms with Crippen molar-refractivity contribution in [2.75, 3.05) is 13.2 Å². The van der Waals surface area contributed by atoms with Crippen LogP contribution < -0.4 is 15.4 Å². The third-order valence-electron chi connectivity index (χ3n) is 3.73. The van der Waals surface area contributed by atoms with Gasteiger partial charge in [-0.2, -0.15) is 0 Å². The van der Waals surface area contributed by atoms with Crippen molar-refractivity contribution in [2.24, 2.45) is 5.92 Å². The van der Waals surface area contributed by atoms with Crippen LogP contribution in [0.15, 0.2) is 24.3 Å². The maximum Gasteiger partial charge on any atom is 0.237 e. The van der Waals surface area contributed by atoms with Gasteiger partial charge in [-0.25, -0.2) is 0 Å². The van der Waals surface area contributed by atoms with Gasteiger partial charge in [0.1, 0.15) is 5.75 Å². The van der Waals surface area contributed by atoms with Crippen LogP contribution in [0.2, 0.25) is 0 Å². The molecular weight excluding hydrogens is 252 g/mol. The molecule has 0 bridgehead atoms. The quantitative estimate of drug-likeness (QED) is 0.866. The Balaban J connectivity index is 1.87. The molecule has 0 spiro atoms. The predicted molar refractivity (Wildman–Crippen MR) is 79.6 cm³/mol. The molecule has 0 saturated carbocycles. The van der Waals surface area contributed by atoms with E-state index in [4.69, 9.17) is 4.74 Å². The first-order valence-electron chi connectivity index (χ1n) is 7.43. The Morgan fingerprint density at radius 1 is 1.50 bits per heavy atom. The molecule has 0 aromatic heterocycles. The van der Waals surface area contributed by atoms with Crippen molar-refractivity contribution >= 4 is 5.91 Å². The molecule has 0 aliphatic carbocycles. The molecule has 2 N–H and O–H groups in total. The Hall–Kier alpha value is -1.55. The zero-order valence-corrected chi connectivity index (χ0v) is 12.3. The van der Waals surface area contributed by atoms with Crippen molar-refractivity contribution in [3.8, 4) is 5.75 Å². The maximum atomic E-state index is 12.2. The highest BCUT2D eigenvalue weighted by Crippen LogP contribution is 2.16. The second kappa shape index (κ2) is 7.29. The van der Waals surface area contributed by atoms with Gasteiger partial charge >= 0.3 is 0 Å². The number of nitrogens with one attached hydrogen (secondary N) is 2. The van der Waals surface area contributed by atoms with Crippen LogP contribution in [0.3, 0.4) is 0 Å². The Morgan fingerprint density at radius 3 is 3.10 bits per heavy atom. The van der Waals surface area contributed by atoms with Crippen LogP contribution in [0.25, 0.3) is 0 Å². The first kappa shape index (κ1) is 14.9. The fraction of sp³-hybridized carbons (Fsp3) is 0.562. The summed E-state index contributed by atoms with van der Waals surface area (Å²) in [6.07, 6.45) is 2.27. The molecule has 110 valence electrons. The topological polar surface area (TPSA) is 50.4 Å². The van der Waals surface area contributed by atoms with E-state index in [0.29, 0.717) is 19.1 Å². The van der Waals surface area contributed by atoms with E-state index in [1.54, 1.807) is 0 Å². The number of rotatable bonds is 5. The number of ether oxygens (including phenoxy) is 1. The smallest absolute Gasteiger partial charge is 0.237 e. The zero-order chi connectivity index (χ0) is 14.4. The van der Waals surface area contributed by atoms with E-state index in [9.17, 15) is 4.79 Å². The summed E-state index contributed by atoms with van der Waals surface area (Å²) in [5.74, 6) is 1.35. The standard InChI is InChI=1S/C16H24N2O2/c1-3-20-14-8-4-7-13(10-14)11-18-16(19)15-12(2)6-5-9-17-15/h4,7-8,10,12,15,17H,3,5-6,9,11H2,1-2H3,(H,18,19). The van der Waals surface area contributed by atoms with Crippen molar-refractivity contribution < 1.29 is 9.53 Å². The molecule has 1 aliphatic rings. The lowest BCUT2D eigenvalue weighted by molar-refractivity contribution is -0.125. The van der Waals surface area contributed by atoms with Crippen LogP contribution in [0.5, 0.6) is 5.75 Å². The molecule has 20 heavy (non-hydrogen) atoms. The van der Waals surface area contributed by atoms with Crippen LogP contribution in [0.1, 0.15) is 32.3 Å². The first-order chi connectivity index (χ1) is 9.70. The van der Waals surface area contributed by atoms with Gasteiger partial charge in [0.15, 0.2) is 0 Å². The Labute approximate surface area is 120 Å². The largest absolute Gasteiger partial charge is 0.494 e. The molecule has 4 nitrogen and oxygen atoms in total.